The van der Waals surface area contributed by atoms with Crippen LogP contribution in [0, 0.1) is 0 Å². The van der Waals surface area contributed by atoms with Crippen LogP contribution < -0.4 is 51.4 Å². The van der Waals surface area contributed by atoms with Crippen molar-refractivity contribution in [1.29, 1.82) is 0 Å². The average molecular weight is 182 g/mol. The molecule has 3 atom stereocenters. The Kier molecular flexibility index (Phi) is 4.32. The van der Waals surface area contributed by atoms with E-state index < -0.39 is 0 Å². The summed E-state index contributed by atoms with van der Waals surface area (Å²) in [6, 6.07) is 1.34. The Morgan fingerprint density at radius 2 is 1.70 bits per heavy atom. The molecule has 2 aliphatic rings. The van der Waals surface area contributed by atoms with E-state index in [-0.39, 0.29) is 51.4 Å². The van der Waals surface area contributed by atoms with Crippen molar-refractivity contribution in [3.8, 4) is 0 Å². The van der Waals surface area contributed by atoms with Gasteiger partial charge in [0.1, 0.15) is 0 Å². The maximum Gasteiger partial charge on any atom is 1.00 e. The van der Waals surface area contributed by atoms with Crippen LogP contribution in [-0.2, 0) is 0 Å². The summed E-state index contributed by atoms with van der Waals surface area (Å²) in [7, 11) is 2.77. The topological polar surface area (TPSA) is 17.3 Å². The molecule has 52 valence electrons. The summed E-state index contributed by atoms with van der Waals surface area (Å²) in [6.07, 6.45) is 2.66. The molecule has 0 aromatic rings. The normalized spacial score (nSPS) is 39.3. The second kappa shape index (κ2) is 4.29. The van der Waals surface area contributed by atoms with Crippen molar-refractivity contribution in [3.63, 3.8) is 0 Å². The molecule has 0 radical (unpaired) electrons. The molecular formula is C6H12KN2P. The fraction of sp³-hybridized carbons (Fsp3) is 1.00. The number of hydrogen-bond donors (Lipinski definition) is 0. The van der Waals surface area contributed by atoms with E-state index >= 15 is 0 Å². The van der Waals surface area contributed by atoms with E-state index in [4.69, 9.17) is 0 Å². The van der Waals surface area contributed by atoms with Crippen molar-refractivity contribution in [1.82, 2.24) is 4.67 Å². The molecule has 2 fully saturated rings. The first kappa shape index (κ1) is 10.1. The van der Waals surface area contributed by atoms with Gasteiger partial charge < -0.3 is 5.32 Å². The first-order valence-electron chi connectivity index (χ1n) is 3.54. The molecule has 2 nitrogen and oxygen atoms in total. The molecule has 2 aliphatic heterocycles. The van der Waals surface area contributed by atoms with Gasteiger partial charge in [-0.15, -0.1) is 12.1 Å². The Morgan fingerprint density at radius 3 is 2.20 bits per heavy atom. The maximum atomic E-state index is 4.59. The van der Waals surface area contributed by atoms with Crippen LogP contribution in [0.5, 0.6) is 0 Å². The molecule has 0 saturated carbocycles. The van der Waals surface area contributed by atoms with Gasteiger partial charge in [-0.3, -0.25) is 4.67 Å². The molecule has 0 aliphatic carbocycles. The van der Waals surface area contributed by atoms with Gasteiger partial charge in [0.05, 0.1) is 0 Å². The van der Waals surface area contributed by atoms with E-state index in [1.807, 2.05) is 0 Å². The van der Waals surface area contributed by atoms with Crippen molar-refractivity contribution in [2.45, 2.75) is 24.9 Å². The number of nitrogens with zero attached hydrogens (tertiary/aromatic N) is 2. The molecule has 2 heterocycles. The Hall–Kier alpha value is 1.99. The van der Waals surface area contributed by atoms with Crippen LogP contribution in [0.3, 0.4) is 0 Å². The van der Waals surface area contributed by atoms with E-state index in [1.54, 1.807) is 0 Å². The van der Waals surface area contributed by atoms with Crippen LogP contribution in [0.4, 0.5) is 0 Å². The first-order chi connectivity index (χ1) is 4.34. The fourth-order valence-corrected chi connectivity index (χ4v) is 2.21. The number of fused-ring (bicyclic) bond motifs is 2. The third-order valence-electron chi connectivity index (χ3n) is 2.15. The molecule has 3 unspecified atom stereocenters. The zero-order chi connectivity index (χ0) is 6.27. The van der Waals surface area contributed by atoms with Crippen molar-refractivity contribution in [2.75, 3.05) is 13.1 Å². The Bertz CT molecular complexity index is 110. The van der Waals surface area contributed by atoms with Crippen LogP contribution in [0.25, 0.3) is 5.32 Å². The minimum Gasteiger partial charge on any atom is -0.655 e. The second-order valence-electron chi connectivity index (χ2n) is 2.99. The summed E-state index contributed by atoms with van der Waals surface area (Å²) in [5, 5.41) is 4.59. The van der Waals surface area contributed by atoms with Gasteiger partial charge in [0.25, 0.3) is 0 Å². The molecule has 0 aromatic carbocycles. The molecule has 0 amide bonds. The monoisotopic (exact) mass is 182 g/mol. The summed E-state index contributed by atoms with van der Waals surface area (Å²) in [5.74, 6) is 0. The third-order valence-corrected chi connectivity index (χ3v) is 2.57. The molecule has 2 saturated heterocycles. The molecule has 0 spiro atoms. The van der Waals surface area contributed by atoms with Gasteiger partial charge in [-0.2, -0.15) is 0 Å². The summed E-state index contributed by atoms with van der Waals surface area (Å²) >= 11 is 0. The van der Waals surface area contributed by atoms with Gasteiger partial charge in [0, 0.05) is 0 Å². The Morgan fingerprint density at radius 1 is 1.20 bits per heavy atom. The predicted molar refractivity (Wildman–Crippen MR) is 41.5 cm³/mol. The smallest absolute Gasteiger partial charge is 0.655 e. The van der Waals surface area contributed by atoms with E-state index in [9.17, 15) is 0 Å². The van der Waals surface area contributed by atoms with Crippen molar-refractivity contribution in [2.24, 2.45) is 0 Å². The van der Waals surface area contributed by atoms with Gasteiger partial charge in [0.15, 0.2) is 0 Å². The van der Waals surface area contributed by atoms with Crippen LogP contribution in [0.1, 0.15) is 12.8 Å². The molecule has 10 heavy (non-hydrogen) atoms. The van der Waals surface area contributed by atoms with Crippen LogP contribution in [0.15, 0.2) is 0 Å². The van der Waals surface area contributed by atoms with Gasteiger partial charge >= 0.3 is 51.4 Å². The largest absolute Gasteiger partial charge is 1.00 e. The van der Waals surface area contributed by atoms with E-state index in [1.165, 1.54) is 25.9 Å². The number of piperazine rings is 1. The molecule has 0 aromatic heterocycles. The third kappa shape index (κ3) is 2.24. The second-order valence-corrected chi connectivity index (χ2v) is 3.72. The SMILES string of the molecule is PN1CC2CCC(C1)[N-]2.[K+]. The summed E-state index contributed by atoms with van der Waals surface area (Å²) in [5.41, 5.74) is 0. The van der Waals surface area contributed by atoms with Crippen molar-refractivity contribution in [3.05, 3.63) is 5.32 Å². The Balaban J connectivity index is 0.000000500. The van der Waals surface area contributed by atoms with E-state index in [2.05, 4.69) is 19.4 Å². The van der Waals surface area contributed by atoms with Crippen LogP contribution in [-0.4, -0.2) is 29.8 Å². The zero-order valence-electron chi connectivity index (χ0n) is 6.45. The fourth-order valence-electron chi connectivity index (χ4n) is 1.72. The van der Waals surface area contributed by atoms with Crippen molar-refractivity contribution >= 4 is 9.39 Å². The average Bonchev–Trinajstić information content (AvgIpc) is 2.11. The van der Waals surface area contributed by atoms with Crippen LogP contribution >= 0.6 is 9.39 Å². The predicted octanol–water partition coefficient (Wildman–Crippen LogP) is -2.00. The van der Waals surface area contributed by atoms with Crippen molar-refractivity contribution < 1.29 is 51.4 Å². The van der Waals surface area contributed by atoms with E-state index in [0.29, 0.717) is 12.1 Å². The summed E-state index contributed by atoms with van der Waals surface area (Å²) in [4.78, 5) is 0. The minimum absolute atomic E-state index is 0. The number of rotatable bonds is 0. The molecule has 0 N–H and O–H groups in total. The maximum absolute atomic E-state index is 4.59. The van der Waals surface area contributed by atoms with Gasteiger partial charge in [-0.1, -0.05) is 22.2 Å². The molecule has 2 rings (SSSR count). The number of hydrogen-bond acceptors (Lipinski definition) is 1. The summed E-state index contributed by atoms with van der Waals surface area (Å²) < 4.78 is 2.31. The zero-order valence-corrected chi connectivity index (χ0v) is 10.7. The minimum atomic E-state index is 0. The molecule has 4 heteroatoms. The quantitative estimate of drug-likeness (QED) is 0.313. The van der Waals surface area contributed by atoms with Gasteiger partial charge in [-0.05, 0) is 13.1 Å². The van der Waals surface area contributed by atoms with Gasteiger partial charge in [0.2, 0.25) is 0 Å². The van der Waals surface area contributed by atoms with E-state index in [0.717, 1.165) is 0 Å². The Labute approximate surface area is 107 Å². The molecular weight excluding hydrogens is 170 g/mol. The summed E-state index contributed by atoms with van der Waals surface area (Å²) in [6.45, 7) is 2.34. The van der Waals surface area contributed by atoms with Crippen LogP contribution in [0.2, 0.25) is 0 Å². The first-order valence-corrected chi connectivity index (χ1v) is 4.06. The van der Waals surface area contributed by atoms with Gasteiger partial charge in [-0.25, -0.2) is 0 Å². The standard InChI is InChI=1S/C6H12N2P.K/c9-8-3-5-1-2-6(4-8)7-5;/h5-6H,1-4,9H2;/q-1;+1. The molecule has 2 bridgehead atoms.